The minimum Gasteiger partial charge on any atom is -0.100 e. The maximum absolute atomic E-state index is 4.27. The van der Waals surface area contributed by atoms with Crippen molar-refractivity contribution in [3.05, 3.63) is 47.1 Å². The molecule has 0 fully saturated rings. The van der Waals surface area contributed by atoms with Crippen molar-refractivity contribution in [1.82, 2.24) is 0 Å². The summed E-state index contributed by atoms with van der Waals surface area (Å²) in [5.74, 6) is 0.653. The molecule has 134 valence electrons. The molecule has 1 rings (SSSR count). The monoisotopic (exact) mass is 318 g/mol. The van der Waals surface area contributed by atoms with Gasteiger partial charge in [0.05, 0.1) is 0 Å². The van der Waals surface area contributed by atoms with E-state index in [9.17, 15) is 0 Å². The summed E-state index contributed by atoms with van der Waals surface area (Å²) in [5.41, 5.74) is 7.46. The van der Waals surface area contributed by atoms with E-state index >= 15 is 0 Å². The van der Waals surface area contributed by atoms with Crippen LogP contribution >= 0.6 is 0 Å². The zero-order chi connectivity index (χ0) is 17.1. The fourth-order valence-electron chi connectivity index (χ4n) is 3.10. The van der Waals surface area contributed by atoms with Crippen LogP contribution in [0.3, 0.4) is 0 Å². The highest BCUT2D eigenvalue weighted by molar-refractivity contribution is 5.33. The molecular weight excluding hydrogens is 276 g/mol. The third-order valence-corrected chi connectivity index (χ3v) is 4.46. The van der Waals surface area contributed by atoms with Gasteiger partial charge in [0, 0.05) is 0 Å². The van der Waals surface area contributed by atoms with Crippen molar-refractivity contribution >= 4 is 0 Å². The van der Waals surface area contributed by atoms with Gasteiger partial charge < -0.3 is 0 Å². The molecule has 0 aromatic rings. The lowest BCUT2D eigenvalue weighted by molar-refractivity contribution is 0.606. The third kappa shape index (κ3) is 9.64. The topological polar surface area (TPSA) is 0 Å². The second-order valence-corrected chi connectivity index (χ2v) is 6.53. The van der Waals surface area contributed by atoms with Gasteiger partial charge >= 0.3 is 0 Å². The Balaban J connectivity index is 0. The Morgan fingerprint density at radius 2 is 1.78 bits per heavy atom. The van der Waals surface area contributed by atoms with E-state index in [-0.39, 0.29) is 7.43 Å². The highest BCUT2D eigenvalue weighted by Crippen LogP contribution is 2.32. The summed E-state index contributed by atoms with van der Waals surface area (Å²) in [5, 5.41) is 0. The first-order valence-electron chi connectivity index (χ1n) is 9.14. The van der Waals surface area contributed by atoms with Crippen LogP contribution < -0.4 is 0 Å². The minimum atomic E-state index is 0. The van der Waals surface area contributed by atoms with E-state index in [1.807, 2.05) is 13.8 Å². The molecule has 0 aliphatic heterocycles. The van der Waals surface area contributed by atoms with Crippen molar-refractivity contribution in [3.8, 4) is 0 Å². The minimum absolute atomic E-state index is 0. The molecule has 0 nitrogen and oxygen atoms in total. The lowest BCUT2D eigenvalue weighted by atomic mass is 9.83. The van der Waals surface area contributed by atoms with Gasteiger partial charge in [0.2, 0.25) is 0 Å². The molecule has 1 atom stereocenters. The Labute approximate surface area is 147 Å². The summed E-state index contributed by atoms with van der Waals surface area (Å²) in [6.07, 6.45) is 10.8. The average Bonchev–Trinajstić information content (AvgIpc) is 2.48. The van der Waals surface area contributed by atoms with Crippen LogP contribution in [0.2, 0.25) is 0 Å². The van der Waals surface area contributed by atoms with Gasteiger partial charge in [-0.1, -0.05) is 75.6 Å². The predicted molar refractivity (Wildman–Crippen MR) is 110 cm³/mol. The number of allylic oxidation sites excluding steroid dienone is 6. The SMILES string of the molecule is C.C=C(C)CCCC(=C)CC(C)C1=CC(C)=C(CC)CC1.CC. The molecule has 0 heterocycles. The highest BCUT2D eigenvalue weighted by atomic mass is 14.2. The number of hydrogen-bond acceptors (Lipinski definition) is 0. The van der Waals surface area contributed by atoms with E-state index in [2.05, 4.69) is 46.9 Å². The molecule has 0 bridgehead atoms. The smallest absolute Gasteiger partial charge is 0.0191 e. The van der Waals surface area contributed by atoms with Crippen molar-refractivity contribution in [2.24, 2.45) is 5.92 Å². The van der Waals surface area contributed by atoms with Gasteiger partial charge in [-0.3, -0.25) is 0 Å². The molecule has 0 saturated carbocycles. The van der Waals surface area contributed by atoms with Gasteiger partial charge in [-0.15, -0.1) is 6.58 Å². The summed E-state index contributed by atoms with van der Waals surface area (Å²) >= 11 is 0. The van der Waals surface area contributed by atoms with Gasteiger partial charge in [-0.25, -0.2) is 0 Å². The van der Waals surface area contributed by atoms with Crippen LogP contribution in [0.15, 0.2) is 47.1 Å². The van der Waals surface area contributed by atoms with E-state index < -0.39 is 0 Å². The maximum Gasteiger partial charge on any atom is -0.0191 e. The summed E-state index contributed by atoms with van der Waals surface area (Å²) in [6.45, 7) is 21.2. The average molecular weight is 319 g/mol. The van der Waals surface area contributed by atoms with Crippen LogP contribution in [-0.2, 0) is 0 Å². The van der Waals surface area contributed by atoms with Gasteiger partial charge in [0.15, 0.2) is 0 Å². The molecule has 1 aliphatic carbocycles. The molecule has 0 N–H and O–H groups in total. The summed E-state index contributed by atoms with van der Waals surface area (Å²) in [4.78, 5) is 0. The molecule has 0 aromatic heterocycles. The van der Waals surface area contributed by atoms with Crippen molar-refractivity contribution in [1.29, 1.82) is 0 Å². The zero-order valence-electron chi connectivity index (χ0n) is 16.0. The molecule has 0 aromatic carbocycles. The van der Waals surface area contributed by atoms with Crippen LogP contribution in [0, 0.1) is 5.92 Å². The second kappa shape index (κ2) is 13.4. The highest BCUT2D eigenvalue weighted by Gasteiger charge is 2.15. The van der Waals surface area contributed by atoms with E-state index in [0.717, 1.165) is 19.3 Å². The van der Waals surface area contributed by atoms with Crippen LogP contribution in [-0.4, -0.2) is 0 Å². The molecular formula is C23H42. The molecule has 23 heavy (non-hydrogen) atoms. The van der Waals surface area contributed by atoms with E-state index in [4.69, 9.17) is 0 Å². The Morgan fingerprint density at radius 1 is 1.17 bits per heavy atom. The Morgan fingerprint density at radius 3 is 2.26 bits per heavy atom. The molecule has 0 saturated heterocycles. The molecule has 1 aliphatic rings. The lowest BCUT2D eigenvalue weighted by Crippen LogP contribution is -2.06. The van der Waals surface area contributed by atoms with Crippen molar-refractivity contribution in [2.45, 2.75) is 93.9 Å². The summed E-state index contributed by atoms with van der Waals surface area (Å²) < 4.78 is 0. The van der Waals surface area contributed by atoms with Crippen LogP contribution in [0.25, 0.3) is 0 Å². The van der Waals surface area contributed by atoms with E-state index in [1.54, 1.807) is 11.1 Å². The van der Waals surface area contributed by atoms with Gasteiger partial charge in [0.25, 0.3) is 0 Å². The van der Waals surface area contributed by atoms with Gasteiger partial charge in [0.1, 0.15) is 0 Å². The standard InChI is InChI=1S/C20H32.C2H6.CH4/c1-7-19-11-12-20(14-18(19)6)17(5)13-16(4)10-8-9-15(2)3;1-2;/h14,17H,2,4,7-13H2,1,3,5-6H3;1-2H3;1H4. The summed E-state index contributed by atoms with van der Waals surface area (Å²) in [7, 11) is 0. The van der Waals surface area contributed by atoms with Crippen molar-refractivity contribution < 1.29 is 0 Å². The molecule has 0 spiro atoms. The van der Waals surface area contributed by atoms with Crippen LogP contribution in [0.1, 0.15) is 93.9 Å². The fourth-order valence-corrected chi connectivity index (χ4v) is 3.10. The number of hydrogen-bond donors (Lipinski definition) is 0. The lowest BCUT2D eigenvalue weighted by Gasteiger charge is -2.23. The maximum atomic E-state index is 4.27. The Kier molecular flexibility index (Phi) is 14.1. The largest absolute Gasteiger partial charge is 0.100 e. The first-order valence-corrected chi connectivity index (χ1v) is 9.14. The van der Waals surface area contributed by atoms with E-state index in [0.29, 0.717) is 5.92 Å². The molecule has 0 radical (unpaired) electrons. The zero-order valence-corrected chi connectivity index (χ0v) is 16.0. The van der Waals surface area contributed by atoms with Crippen molar-refractivity contribution in [3.63, 3.8) is 0 Å². The quantitative estimate of drug-likeness (QED) is 0.394. The normalized spacial score (nSPS) is 15.0. The van der Waals surface area contributed by atoms with Gasteiger partial charge in [-0.05, 0) is 64.7 Å². The number of rotatable bonds is 8. The molecule has 1 unspecified atom stereocenters. The van der Waals surface area contributed by atoms with Crippen LogP contribution in [0.5, 0.6) is 0 Å². The predicted octanol–water partition coefficient (Wildman–Crippen LogP) is 8.42. The Hall–Kier alpha value is -1.04. The first-order chi connectivity index (χ1) is 10.4. The summed E-state index contributed by atoms with van der Waals surface area (Å²) in [6, 6.07) is 0. The van der Waals surface area contributed by atoms with Crippen molar-refractivity contribution in [2.75, 3.05) is 0 Å². The molecule has 0 amide bonds. The molecule has 0 heteroatoms. The second-order valence-electron chi connectivity index (χ2n) is 6.53. The van der Waals surface area contributed by atoms with E-state index in [1.165, 1.54) is 42.4 Å². The van der Waals surface area contributed by atoms with Gasteiger partial charge in [-0.2, -0.15) is 0 Å². The first kappa shape index (κ1) is 24.2. The third-order valence-electron chi connectivity index (χ3n) is 4.46. The Bertz CT molecular complexity index is 417. The van der Waals surface area contributed by atoms with Crippen LogP contribution in [0.4, 0.5) is 0 Å². The fraction of sp³-hybridized carbons (Fsp3) is 0.652.